The number of amides is 1. The van der Waals surface area contributed by atoms with Gasteiger partial charge in [0.25, 0.3) is 0 Å². The zero-order valence-corrected chi connectivity index (χ0v) is 8.41. The molecule has 0 spiro atoms. The molecule has 14 heavy (non-hydrogen) atoms. The van der Waals surface area contributed by atoms with Gasteiger partial charge < -0.3 is 16.2 Å². The van der Waals surface area contributed by atoms with Crippen molar-refractivity contribution in [2.45, 2.75) is 13.0 Å². The van der Waals surface area contributed by atoms with Gasteiger partial charge in [-0.05, 0) is 13.0 Å². The summed E-state index contributed by atoms with van der Waals surface area (Å²) in [5.41, 5.74) is 5.64. The van der Waals surface area contributed by atoms with Crippen LogP contribution in [0.4, 0.5) is 5.69 Å². The van der Waals surface area contributed by atoms with Crippen molar-refractivity contribution in [1.82, 2.24) is 4.98 Å². The molecule has 0 fully saturated rings. The van der Waals surface area contributed by atoms with Gasteiger partial charge >= 0.3 is 0 Å². The maximum Gasteiger partial charge on any atom is 0.241 e. The van der Waals surface area contributed by atoms with E-state index in [4.69, 9.17) is 5.73 Å². The fourth-order valence-corrected chi connectivity index (χ4v) is 0.738. The van der Waals surface area contributed by atoms with Gasteiger partial charge in [-0.25, -0.2) is 0 Å². The topological polar surface area (TPSA) is 88.2 Å². The SMILES string of the molecule is C[C@@H](N)C(=O)Nc1ccncc1O.Cl. The Kier molecular flexibility index (Phi) is 4.90. The molecule has 0 aromatic carbocycles. The minimum atomic E-state index is -0.604. The summed E-state index contributed by atoms with van der Waals surface area (Å²) in [6, 6.07) is 0.892. The van der Waals surface area contributed by atoms with E-state index in [2.05, 4.69) is 10.3 Å². The molecule has 1 rings (SSSR count). The quantitative estimate of drug-likeness (QED) is 0.673. The number of aromatic hydroxyl groups is 1. The van der Waals surface area contributed by atoms with Gasteiger partial charge in [0.05, 0.1) is 17.9 Å². The van der Waals surface area contributed by atoms with E-state index >= 15 is 0 Å². The van der Waals surface area contributed by atoms with E-state index < -0.39 is 6.04 Å². The van der Waals surface area contributed by atoms with Crippen LogP contribution in [0.5, 0.6) is 5.75 Å². The van der Waals surface area contributed by atoms with Crippen molar-refractivity contribution >= 4 is 24.0 Å². The molecular weight excluding hydrogens is 206 g/mol. The van der Waals surface area contributed by atoms with Crippen LogP contribution in [0.3, 0.4) is 0 Å². The number of rotatable bonds is 2. The first-order valence-corrected chi connectivity index (χ1v) is 3.80. The first kappa shape index (κ1) is 12.7. The minimum Gasteiger partial charge on any atom is -0.504 e. The molecule has 0 bridgehead atoms. The Morgan fingerprint density at radius 1 is 1.71 bits per heavy atom. The van der Waals surface area contributed by atoms with Crippen molar-refractivity contribution in [1.29, 1.82) is 0 Å². The molecule has 1 aromatic rings. The van der Waals surface area contributed by atoms with E-state index in [0.717, 1.165) is 0 Å². The summed E-state index contributed by atoms with van der Waals surface area (Å²) in [4.78, 5) is 14.8. The summed E-state index contributed by atoms with van der Waals surface area (Å²) in [5, 5.41) is 11.7. The smallest absolute Gasteiger partial charge is 0.241 e. The van der Waals surface area contributed by atoms with Gasteiger partial charge in [-0.3, -0.25) is 9.78 Å². The Morgan fingerprint density at radius 2 is 2.36 bits per heavy atom. The predicted octanol–water partition coefficient (Wildman–Crippen LogP) is 0.495. The Labute approximate surface area is 87.7 Å². The number of pyridine rings is 1. The van der Waals surface area contributed by atoms with Crippen molar-refractivity contribution in [3.8, 4) is 5.75 Å². The second kappa shape index (κ2) is 5.41. The van der Waals surface area contributed by atoms with Crippen molar-refractivity contribution < 1.29 is 9.90 Å². The van der Waals surface area contributed by atoms with E-state index in [-0.39, 0.29) is 24.1 Å². The fourth-order valence-electron chi connectivity index (χ4n) is 0.738. The number of nitrogens with one attached hydrogen (secondary N) is 1. The maximum atomic E-state index is 11.1. The average molecular weight is 218 g/mol. The molecule has 0 aliphatic rings. The van der Waals surface area contributed by atoms with Gasteiger partial charge in [-0.15, -0.1) is 12.4 Å². The predicted molar refractivity (Wildman–Crippen MR) is 55.4 cm³/mol. The Balaban J connectivity index is 0.00000169. The monoisotopic (exact) mass is 217 g/mol. The van der Waals surface area contributed by atoms with Gasteiger partial charge in [0.15, 0.2) is 5.75 Å². The second-order valence-corrected chi connectivity index (χ2v) is 2.67. The van der Waals surface area contributed by atoms with E-state index in [1.54, 1.807) is 6.92 Å². The molecule has 0 saturated heterocycles. The number of aromatic nitrogens is 1. The van der Waals surface area contributed by atoms with Crippen molar-refractivity contribution in [3.63, 3.8) is 0 Å². The van der Waals surface area contributed by atoms with Gasteiger partial charge in [0, 0.05) is 6.20 Å². The minimum absolute atomic E-state index is 0. The first-order valence-electron chi connectivity index (χ1n) is 3.80. The Hall–Kier alpha value is -1.33. The van der Waals surface area contributed by atoms with Crippen molar-refractivity contribution in [2.24, 2.45) is 5.73 Å². The molecule has 4 N–H and O–H groups in total. The third-order valence-electron chi connectivity index (χ3n) is 1.47. The molecule has 5 nitrogen and oxygen atoms in total. The standard InChI is InChI=1S/C8H11N3O2.ClH/c1-5(9)8(13)11-6-2-3-10-4-7(6)12;/h2-5,12H,9H2,1H3,(H,10,11,13);1H/t5-;/m1./s1. The third-order valence-corrected chi connectivity index (χ3v) is 1.47. The lowest BCUT2D eigenvalue weighted by Crippen LogP contribution is -2.32. The summed E-state index contributed by atoms with van der Waals surface area (Å²) >= 11 is 0. The van der Waals surface area contributed by atoms with Gasteiger partial charge in [-0.2, -0.15) is 0 Å². The number of anilines is 1. The number of carbonyl (C=O) groups excluding carboxylic acids is 1. The molecule has 0 aliphatic heterocycles. The summed E-state index contributed by atoms with van der Waals surface area (Å²) in [7, 11) is 0. The Morgan fingerprint density at radius 3 is 2.86 bits per heavy atom. The van der Waals surface area contributed by atoms with Crippen LogP contribution in [0.1, 0.15) is 6.92 Å². The summed E-state index contributed by atoms with van der Waals surface area (Å²) in [6.45, 7) is 1.56. The van der Waals surface area contributed by atoms with Crippen LogP contribution < -0.4 is 11.1 Å². The van der Waals surface area contributed by atoms with Gasteiger partial charge in [-0.1, -0.05) is 0 Å². The third kappa shape index (κ3) is 3.20. The van der Waals surface area contributed by atoms with Crippen LogP contribution >= 0.6 is 12.4 Å². The lowest BCUT2D eigenvalue weighted by atomic mass is 10.3. The summed E-state index contributed by atoms with van der Waals surface area (Å²) in [6.07, 6.45) is 2.72. The van der Waals surface area contributed by atoms with Gasteiger partial charge in [0.1, 0.15) is 0 Å². The lowest BCUT2D eigenvalue weighted by Gasteiger charge is -2.08. The molecule has 0 saturated carbocycles. The maximum absolute atomic E-state index is 11.1. The molecular formula is C8H12ClN3O2. The molecule has 0 aliphatic carbocycles. The second-order valence-electron chi connectivity index (χ2n) is 2.67. The molecule has 1 heterocycles. The van der Waals surface area contributed by atoms with E-state index in [1.807, 2.05) is 0 Å². The fraction of sp³-hybridized carbons (Fsp3) is 0.250. The van der Waals surface area contributed by atoms with Crippen LogP contribution in [0, 0.1) is 0 Å². The molecule has 0 unspecified atom stereocenters. The van der Waals surface area contributed by atoms with E-state index in [9.17, 15) is 9.90 Å². The highest BCUT2D eigenvalue weighted by atomic mass is 35.5. The number of hydrogen-bond donors (Lipinski definition) is 3. The normalized spacial score (nSPS) is 11.3. The number of halogens is 1. The average Bonchev–Trinajstić information content (AvgIpc) is 2.08. The van der Waals surface area contributed by atoms with Crippen LogP contribution in [0.15, 0.2) is 18.5 Å². The van der Waals surface area contributed by atoms with Crippen molar-refractivity contribution in [2.75, 3.05) is 5.32 Å². The molecule has 1 aromatic heterocycles. The summed E-state index contributed by atoms with van der Waals surface area (Å²) in [5.74, 6) is -0.419. The lowest BCUT2D eigenvalue weighted by molar-refractivity contribution is -0.117. The zero-order valence-electron chi connectivity index (χ0n) is 7.60. The highest BCUT2D eigenvalue weighted by molar-refractivity contribution is 5.95. The van der Waals surface area contributed by atoms with E-state index in [1.165, 1.54) is 18.5 Å². The number of nitrogens with zero attached hydrogens (tertiary/aromatic N) is 1. The highest BCUT2D eigenvalue weighted by Gasteiger charge is 2.09. The molecule has 1 atom stereocenters. The van der Waals surface area contributed by atoms with Crippen LogP contribution in [0.25, 0.3) is 0 Å². The largest absolute Gasteiger partial charge is 0.504 e. The summed E-state index contributed by atoms with van der Waals surface area (Å²) < 4.78 is 0. The van der Waals surface area contributed by atoms with Crippen LogP contribution in [-0.2, 0) is 4.79 Å². The number of nitrogens with two attached hydrogens (primary N) is 1. The zero-order chi connectivity index (χ0) is 9.84. The van der Waals surface area contributed by atoms with Crippen LogP contribution in [-0.4, -0.2) is 22.0 Å². The molecule has 0 radical (unpaired) electrons. The highest BCUT2D eigenvalue weighted by Crippen LogP contribution is 2.19. The molecule has 6 heteroatoms. The van der Waals surface area contributed by atoms with E-state index in [0.29, 0.717) is 5.69 Å². The van der Waals surface area contributed by atoms with Gasteiger partial charge in [0.2, 0.25) is 5.91 Å². The first-order chi connectivity index (χ1) is 6.11. The molecule has 1 amide bonds. The number of hydrogen-bond acceptors (Lipinski definition) is 4. The Bertz CT molecular complexity index is 317. The number of carbonyl (C=O) groups is 1. The molecule has 78 valence electrons. The van der Waals surface area contributed by atoms with Crippen molar-refractivity contribution in [3.05, 3.63) is 18.5 Å². The van der Waals surface area contributed by atoms with Crippen LogP contribution in [0.2, 0.25) is 0 Å².